The smallest absolute Gasteiger partial charge is 0.0964 e. The van der Waals surface area contributed by atoms with Crippen LogP contribution in [0.2, 0.25) is 0 Å². The lowest BCUT2D eigenvalue weighted by molar-refractivity contribution is 0.119. The van der Waals surface area contributed by atoms with Crippen molar-refractivity contribution in [3.63, 3.8) is 0 Å². The number of hydrogen-bond acceptors (Lipinski definition) is 5. The van der Waals surface area contributed by atoms with Gasteiger partial charge in [0.05, 0.1) is 18.8 Å². The van der Waals surface area contributed by atoms with E-state index in [1.54, 1.807) is 7.11 Å². The SMILES string of the molecule is CCC(C)N(CCOC)CCn1cc(CNC2CC2)nn1. The molecule has 0 bridgehead atoms. The van der Waals surface area contributed by atoms with Crippen LogP contribution in [-0.4, -0.2) is 58.8 Å². The zero-order valence-electron chi connectivity index (χ0n) is 13.6. The standard InChI is InChI=1S/C15H29N5O/c1-4-13(2)19(9-10-21-3)7-8-20-12-15(17-18-20)11-16-14-5-6-14/h12-14,16H,4-11H2,1-3H3. The number of aromatic nitrogens is 3. The summed E-state index contributed by atoms with van der Waals surface area (Å²) in [6, 6.07) is 1.28. The van der Waals surface area contributed by atoms with Gasteiger partial charge in [-0.3, -0.25) is 9.58 Å². The van der Waals surface area contributed by atoms with E-state index in [0.29, 0.717) is 12.1 Å². The predicted octanol–water partition coefficient (Wildman–Crippen LogP) is 1.28. The first-order valence-electron chi connectivity index (χ1n) is 8.08. The van der Waals surface area contributed by atoms with E-state index in [0.717, 1.165) is 44.9 Å². The normalized spacial score (nSPS) is 16.6. The Bertz CT molecular complexity index is 405. The van der Waals surface area contributed by atoms with Gasteiger partial charge in [0.2, 0.25) is 0 Å². The molecule has 0 amide bonds. The third-order valence-electron chi connectivity index (χ3n) is 4.15. The van der Waals surface area contributed by atoms with Crippen LogP contribution in [0.1, 0.15) is 38.8 Å². The molecule has 1 aromatic rings. The lowest BCUT2D eigenvalue weighted by Crippen LogP contribution is -2.37. The zero-order valence-corrected chi connectivity index (χ0v) is 13.6. The number of rotatable bonds is 11. The molecule has 1 fully saturated rings. The van der Waals surface area contributed by atoms with Crippen molar-refractivity contribution in [2.75, 3.05) is 26.8 Å². The third kappa shape index (κ3) is 5.73. The zero-order chi connectivity index (χ0) is 15.1. The summed E-state index contributed by atoms with van der Waals surface area (Å²) in [5, 5.41) is 11.9. The van der Waals surface area contributed by atoms with Crippen molar-refractivity contribution in [1.82, 2.24) is 25.2 Å². The minimum Gasteiger partial charge on any atom is -0.383 e. The second-order valence-electron chi connectivity index (χ2n) is 5.91. The molecule has 1 aliphatic carbocycles. The van der Waals surface area contributed by atoms with Crippen molar-refractivity contribution in [3.05, 3.63) is 11.9 Å². The Labute approximate surface area is 127 Å². The van der Waals surface area contributed by atoms with Crippen LogP contribution in [0.5, 0.6) is 0 Å². The van der Waals surface area contributed by atoms with Gasteiger partial charge < -0.3 is 10.1 Å². The molecule has 120 valence electrons. The Hall–Kier alpha value is -0.980. The molecule has 1 aliphatic rings. The van der Waals surface area contributed by atoms with E-state index in [4.69, 9.17) is 4.74 Å². The minimum atomic E-state index is 0.569. The van der Waals surface area contributed by atoms with Gasteiger partial charge in [-0.2, -0.15) is 0 Å². The lowest BCUT2D eigenvalue weighted by Gasteiger charge is -2.27. The predicted molar refractivity (Wildman–Crippen MR) is 83.1 cm³/mol. The molecule has 21 heavy (non-hydrogen) atoms. The Kier molecular flexibility index (Phi) is 6.60. The molecule has 0 spiro atoms. The molecule has 1 aromatic heterocycles. The van der Waals surface area contributed by atoms with Crippen LogP contribution >= 0.6 is 0 Å². The van der Waals surface area contributed by atoms with Crippen molar-refractivity contribution < 1.29 is 4.74 Å². The molecule has 2 rings (SSSR count). The molecule has 0 aromatic carbocycles. The van der Waals surface area contributed by atoms with Gasteiger partial charge in [0.1, 0.15) is 0 Å². The van der Waals surface area contributed by atoms with Crippen LogP contribution in [0.15, 0.2) is 6.20 Å². The monoisotopic (exact) mass is 295 g/mol. The maximum absolute atomic E-state index is 5.20. The molecule has 1 atom stereocenters. The summed E-state index contributed by atoms with van der Waals surface area (Å²) in [6.45, 7) is 8.93. The Balaban J connectivity index is 1.75. The Morgan fingerprint density at radius 2 is 2.29 bits per heavy atom. The van der Waals surface area contributed by atoms with Gasteiger partial charge in [0.25, 0.3) is 0 Å². The van der Waals surface area contributed by atoms with E-state index < -0.39 is 0 Å². The molecule has 6 heteroatoms. The average Bonchev–Trinajstić information content (AvgIpc) is 3.23. The average molecular weight is 295 g/mol. The molecule has 1 saturated carbocycles. The summed E-state index contributed by atoms with van der Waals surface area (Å²) >= 11 is 0. The number of nitrogens with zero attached hydrogens (tertiary/aromatic N) is 4. The molecule has 0 aliphatic heterocycles. The summed E-state index contributed by atoms with van der Waals surface area (Å²) in [5.41, 5.74) is 1.04. The van der Waals surface area contributed by atoms with E-state index in [1.807, 2.05) is 4.68 Å². The highest BCUT2D eigenvalue weighted by molar-refractivity contribution is 4.94. The van der Waals surface area contributed by atoms with Gasteiger partial charge in [-0.15, -0.1) is 5.10 Å². The van der Waals surface area contributed by atoms with Gasteiger partial charge in [0, 0.05) is 45.0 Å². The number of hydrogen-bond donors (Lipinski definition) is 1. The van der Waals surface area contributed by atoms with E-state index in [9.17, 15) is 0 Å². The first kappa shape index (κ1) is 16.4. The van der Waals surface area contributed by atoms with Gasteiger partial charge in [-0.05, 0) is 26.2 Å². The van der Waals surface area contributed by atoms with Gasteiger partial charge in [-0.1, -0.05) is 12.1 Å². The second kappa shape index (κ2) is 8.46. The van der Waals surface area contributed by atoms with Crippen molar-refractivity contribution in [3.8, 4) is 0 Å². The molecule has 0 saturated heterocycles. The van der Waals surface area contributed by atoms with Crippen molar-refractivity contribution >= 4 is 0 Å². The molecule has 0 radical (unpaired) electrons. The highest BCUT2D eigenvalue weighted by Gasteiger charge is 2.20. The first-order valence-corrected chi connectivity index (χ1v) is 8.08. The van der Waals surface area contributed by atoms with Crippen LogP contribution in [0, 0.1) is 0 Å². The highest BCUT2D eigenvalue weighted by Crippen LogP contribution is 2.18. The van der Waals surface area contributed by atoms with Gasteiger partial charge >= 0.3 is 0 Å². The van der Waals surface area contributed by atoms with E-state index in [2.05, 4.69) is 40.6 Å². The summed E-state index contributed by atoms with van der Waals surface area (Å²) in [6.07, 6.45) is 5.81. The van der Waals surface area contributed by atoms with Crippen LogP contribution in [0.3, 0.4) is 0 Å². The van der Waals surface area contributed by atoms with Crippen LogP contribution in [0.4, 0.5) is 0 Å². The molecule has 6 nitrogen and oxygen atoms in total. The van der Waals surface area contributed by atoms with Crippen LogP contribution in [0.25, 0.3) is 0 Å². The Morgan fingerprint density at radius 3 is 2.95 bits per heavy atom. The van der Waals surface area contributed by atoms with Crippen LogP contribution in [-0.2, 0) is 17.8 Å². The number of methoxy groups -OCH3 is 1. The molecular weight excluding hydrogens is 266 g/mol. The lowest BCUT2D eigenvalue weighted by atomic mass is 10.2. The Morgan fingerprint density at radius 1 is 1.48 bits per heavy atom. The van der Waals surface area contributed by atoms with Gasteiger partial charge in [-0.25, -0.2) is 0 Å². The van der Waals surface area contributed by atoms with Crippen molar-refractivity contribution in [1.29, 1.82) is 0 Å². The first-order chi connectivity index (χ1) is 10.2. The maximum atomic E-state index is 5.20. The molecule has 1 heterocycles. The quantitative estimate of drug-likeness (QED) is 0.666. The summed E-state index contributed by atoms with van der Waals surface area (Å²) in [5.74, 6) is 0. The second-order valence-corrected chi connectivity index (χ2v) is 5.91. The number of ether oxygens (including phenoxy) is 1. The molecular formula is C15H29N5O. The van der Waals surface area contributed by atoms with Crippen LogP contribution < -0.4 is 5.32 Å². The van der Waals surface area contributed by atoms with E-state index in [-0.39, 0.29) is 0 Å². The summed E-state index contributed by atoms with van der Waals surface area (Å²) < 4.78 is 7.15. The van der Waals surface area contributed by atoms with E-state index >= 15 is 0 Å². The fourth-order valence-corrected chi connectivity index (χ4v) is 2.32. The number of nitrogens with one attached hydrogen (secondary N) is 1. The fraction of sp³-hybridized carbons (Fsp3) is 0.867. The minimum absolute atomic E-state index is 0.569. The highest BCUT2D eigenvalue weighted by atomic mass is 16.5. The summed E-state index contributed by atoms with van der Waals surface area (Å²) in [7, 11) is 1.76. The fourth-order valence-electron chi connectivity index (χ4n) is 2.32. The largest absolute Gasteiger partial charge is 0.383 e. The van der Waals surface area contributed by atoms with E-state index in [1.165, 1.54) is 12.8 Å². The topological polar surface area (TPSA) is 55.2 Å². The third-order valence-corrected chi connectivity index (χ3v) is 4.15. The van der Waals surface area contributed by atoms with Crippen molar-refractivity contribution in [2.24, 2.45) is 0 Å². The summed E-state index contributed by atoms with van der Waals surface area (Å²) in [4.78, 5) is 2.45. The molecule has 1 N–H and O–H groups in total. The maximum Gasteiger partial charge on any atom is 0.0964 e. The molecule has 1 unspecified atom stereocenters. The van der Waals surface area contributed by atoms with Crippen molar-refractivity contribution in [2.45, 2.75) is 58.3 Å². The van der Waals surface area contributed by atoms with Gasteiger partial charge in [0.15, 0.2) is 0 Å².